The van der Waals surface area contributed by atoms with E-state index in [0.29, 0.717) is 5.56 Å². The van der Waals surface area contributed by atoms with Crippen LogP contribution in [0.1, 0.15) is 28.4 Å². The van der Waals surface area contributed by atoms with E-state index in [9.17, 15) is 4.79 Å². The molecule has 0 heterocycles. The Labute approximate surface area is 90.1 Å². The molecule has 1 atom stereocenters. The summed E-state index contributed by atoms with van der Waals surface area (Å²) in [5, 5.41) is 11.6. The molecule has 0 aromatic heterocycles. The van der Waals surface area contributed by atoms with Crippen molar-refractivity contribution in [3.8, 4) is 0 Å². The molecule has 0 saturated carbocycles. The van der Waals surface area contributed by atoms with E-state index >= 15 is 0 Å². The lowest BCUT2D eigenvalue weighted by atomic mass is 10.0. The number of aliphatic hydroxyl groups excluding tert-OH is 1. The molecule has 15 heavy (non-hydrogen) atoms. The number of hydrogen-bond acceptors (Lipinski definition) is 2. The molecule has 0 saturated heterocycles. The minimum atomic E-state index is -0.212. The van der Waals surface area contributed by atoms with Gasteiger partial charge in [-0.25, -0.2) is 0 Å². The van der Waals surface area contributed by atoms with E-state index in [4.69, 9.17) is 5.11 Å². The Hall–Kier alpha value is -1.35. The summed E-state index contributed by atoms with van der Waals surface area (Å²) in [6.45, 7) is 5.54. The lowest BCUT2D eigenvalue weighted by Gasteiger charge is -2.13. The zero-order valence-electron chi connectivity index (χ0n) is 9.37. The average molecular weight is 207 g/mol. The van der Waals surface area contributed by atoms with Gasteiger partial charge in [0, 0.05) is 11.6 Å². The van der Waals surface area contributed by atoms with Crippen LogP contribution in [0.3, 0.4) is 0 Å². The Morgan fingerprint density at radius 2 is 1.93 bits per heavy atom. The van der Waals surface area contributed by atoms with Crippen LogP contribution in [0.5, 0.6) is 0 Å². The van der Waals surface area contributed by atoms with E-state index in [0.717, 1.165) is 11.1 Å². The van der Waals surface area contributed by atoms with Gasteiger partial charge in [0.05, 0.1) is 6.61 Å². The molecular weight excluding hydrogens is 190 g/mol. The number of aryl methyl sites for hydroxylation is 2. The number of carbonyl (C=O) groups is 1. The Balaban J connectivity index is 2.91. The summed E-state index contributed by atoms with van der Waals surface area (Å²) in [6, 6.07) is 5.53. The predicted octanol–water partition coefficient (Wildman–Crippen LogP) is 1.41. The van der Waals surface area contributed by atoms with Gasteiger partial charge in [0.1, 0.15) is 0 Å². The molecule has 0 radical (unpaired) electrons. The van der Waals surface area contributed by atoms with Gasteiger partial charge in [-0.05, 0) is 31.9 Å². The molecule has 0 unspecified atom stereocenters. The monoisotopic (exact) mass is 207 g/mol. The van der Waals surface area contributed by atoms with Crippen LogP contribution in [-0.4, -0.2) is 23.7 Å². The summed E-state index contributed by atoms with van der Waals surface area (Å²) in [5.41, 5.74) is 2.62. The van der Waals surface area contributed by atoms with Crippen LogP contribution < -0.4 is 5.32 Å². The Morgan fingerprint density at radius 3 is 2.40 bits per heavy atom. The van der Waals surface area contributed by atoms with Crippen molar-refractivity contribution < 1.29 is 9.90 Å². The highest BCUT2D eigenvalue weighted by Gasteiger charge is 2.13. The fourth-order valence-electron chi connectivity index (χ4n) is 1.51. The van der Waals surface area contributed by atoms with E-state index in [1.54, 1.807) is 6.92 Å². The van der Waals surface area contributed by atoms with Crippen molar-refractivity contribution in [1.29, 1.82) is 0 Å². The third kappa shape index (κ3) is 2.80. The second-order valence-corrected chi connectivity index (χ2v) is 3.82. The standard InChI is InChI=1S/C12H17NO2/c1-8-5-4-6-9(2)11(8)12(15)13-10(3)7-14/h4-6,10,14H,7H2,1-3H3,(H,13,15)/t10-/m0/s1. The van der Waals surface area contributed by atoms with E-state index in [-0.39, 0.29) is 18.6 Å². The normalized spacial score (nSPS) is 12.3. The number of nitrogens with one attached hydrogen (secondary N) is 1. The predicted molar refractivity (Wildman–Crippen MR) is 59.9 cm³/mol. The summed E-state index contributed by atoms with van der Waals surface area (Å²) < 4.78 is 0. The lowest BCUT2D eigenvalue weighted by Crippen LogP contribution is -2.35. The Kier molecular flexibility index (Phi) is 3.86. The van der Waals surface area contributed by atoms with E-state index in [1.807, 2.05) is 32.0 Å². The highest BCUT2D eigenvalue weighted by molar-refractivity contribution is 5.97. The van der Waals surface area contributed by atoms with Gasteiger partial charge in [0.2, 0.25) is 0 Å². The molecule has 0 fully saturated rings. The molecule has 2 N–H and O–H groups in total. The number of rotatable bonds is 3. The van der Waals surface area contributed by atoms with E-state index in [2.05, 4.69) is 5.32 Å². The van der Waals surface area contributed by atoms with E-state index < -0.39 is 0 Å². The third-order valence-electron chi connectivity index (χ3n) is 2.36. The van der Waals surface area contributed by atoms with Crippen LogP contribution in [-0.2, 0) is 0 Å². The van der Waals surface area contributed by atoms with Crippen LogP contribution in [0.25, 0.3) is 0 Å². The molecule has 0 aliphatic carbocycles. The largest absolute Gasteiger partial charge is 0.394 e. The second kappa shape index (κ2) is 4.94. The van der Waals surface area contributed by atoms with Gasteiger partial charge in [-0.1, -0.05) is 18.2 Å². The van der Waals surface area contributed by atoms with Gasteiger partial charge in [0.25, 0.3) is 5.91 Å². The molecule has 0 aliphatic heterocycles. The first-order chi connectivity index (χ1) is 7.06. The van der Waals surface area contributed by atoms with Crippen molar-refractivity contribution in [2.45, 2.75) is 26.8 Å². The van der Waals surface area contributed by atoms with Crippen LogP contribution >= 0.6 is 0 Å². The van der Waals surface area contributed by atoms with Gasteiger partial charge >= 0.3 is 0 Å². The highest BCUT2D eigenvalue weighted by Crippen LogP contribution is 2.12. The molecule has 82 valence electrons. The summed E-state index contributed by atoms with van der Waals surface area (Å²) in [5.74, 6) is -0.118. The van der Waals surface area contributed by atoms with Crippen LogP contribution in [0.4, 0.5) is 0 Å². The van der Waals surface area contributed by atoms with Gasteiger partial charge < -0.3 is 10.4 Å². The Bertz CT molecular complexity index is 340. The summed E-state index contributed by atoms with van der Waals surface area (Å²) in [6.07, 6.45) is 0. The number of benzene rings is 1. The first-order valence-electron chi connectivity index (χ1n) is 5.04. The third-order valence-corrected chi connectivity index (χ3v) is 2.36. The Morgan fingerprint density at radius 1 is 1.40 bits per heavy atom. The molecule has 1 rings (SSSR count). The van der Waals surface area contributed by atoms with Crippen molar-refractivity contribution in [1.82, 2.24) is 5.32 Å². The quantitative estimate of drug-likeness (QED) is 0.787. The van der Waals surface area contributed by atoms with Crippen LogP contribution in [0.2, 0.25) is 0 Å². The van der Waals surface area contributed by atoms with Gasteiger partial charge in [-0.15, -0.1) is 0 Å². The molecule has 1 aromatic rings. The molecule has 0 aliphatic rings. The molecule has 1 aromatic carbocycles. The zero-order chi connectivity index (χ0) is 11.4. The summed E-state index contributed by atoms with van der Waals surface area (Å²) in [4.78, 5) is 11.8. The van der Waals surface area contributed by atoms with E-state index in [1.165, 1.54) is 0 Å². The molecule has 0 spiro atoms. The smallest absolute Gasteiger partial charge is 0.252 e. The molecule has 3 heteroatoms. The number of hydrogen-bond donors (Lipinski definition) is 2. The molecule has 1 amide bonds. The topological polar surface area (TPSA) is 49.3 Å². The number of carbonyl (C=O) groups excluding carboxylic acids is 1. The molecule has 0 bridgehead atoms. The molecular formula is C12H17NO2. The second-order valence-electron chi connectivity index (χ2n) is 3.82. The SMILES string of the molecule is Cc1cccc(C)c1C(=O)N[C@@H](C)CO. The fraction of sp³-hybridized carbons (Fsp3) is 0.417. The maximum atomic E-state index is 11.8. The molecule has 3 nitrogen and oxygen atoms in total. The van der Waals surface area contributed by atoms with Crippen LogP contribution in [0.15, 0.2) is 18.2 Å². The average Bonchev–Trinajstić information content (AvgIpc) is 2.17. The number of amides is 1. The first kappa shape index (κ1) is 11.7. The minimum absolute atomic E-state index is 0.0450. The first-order valence-corrected chi connectivity index (χ1v) is 5.04. The summed E-state index contributed by atoms with van der Waals surface area (Å²) >= 11 is 0. The number of aliphatic hydroxyl groups is 1. The van der Waals surface area contributed by atoms with Gasteiger partial charge in [0.15, 0.2) is 0 Å². The summed E-state index contributed by atoms with van der Waals surface area (Å²) in [7, 11) is 0. The van der Waals surface area contributed by atoms with Crippen molar-refractivity contribution >= 4 is 5.91 Å². The van der Waals surface area contributed by atoms with Crippen molar-refractivity contribution in [2.24, 2.45) is 0 Å². The van der Waals surface area contributed by atoms with Crippen LogP contribution in [0, 0.1) is 13.8 Å². The van der Waals surface area contributed by atoms with Crippen molar-refractivity contribution in [2.75, 3.05) is 6.61 Å². The fourth-order valence-corrected chi connectivity index (χ4v) is 1.51. The lowest BCUT2D eigenvalue weighted by molar-refractivity contribution is 0.0921. The highest BCUT2D eigenvalue weighted by atomic mass is 16.3. The van der Waals surface area contributed by atoms with Crippen molar-refractivity contribution in [3.05, 3.63) is 34.9 Å². The maximum absolute atomic E-state index is 11.8. The van der Waals surface area contributed by atoms with Gasteiger partial charge in [-0.2, -0.15) is 0 Å². The minimum Gasteiger partial charge on any atom is -0.394 e. The van der Waals surface area contributed by atoms with Gasteiger partial charge in [-0.3, -0.25) is 4.79 Å². The zero-order valence-corrected chi connectivity index (χ0v) is 9.37. The van der Waals surface area contributed by atoms with Crippen molar-refractivity contribution in [3.63, 3.8) is 0 Å². The maximum Gasteiger partial charge on any atom is 0.252 e.